The average Bonchev–Trinajstić information content (AvgIpc) is 2.39. The number of fused-ring (bicyclic) bond motifs is 1. The van der Waals surface area contributed by atoms with Crippen LogP contribution in [-0.4, -0.2) is 35.4 Å². The molecular weight excluding hydrogens is 280 g/mol. The van der Waals surface area contributed by atoms with E-state index in [1.54, 1.807) is 25.4 Å². The molecule has 0 aliphatic rings. The number of nitrogens with zero attached hydrogens (tertiary/aromatic N) is 2. The molecule has 0 aromatic carbocycles. The average molecular weight is 297 g/mol. The summed E-state index contributed by atoms with van der Waals surface area (Å²) in [6.45, 7) is 3.03. The Morgan fingerprint density at radius 3 is 2.85 bits per heavy atom. The second kappa shape index (κ2) is 7.02. The number of aromatic nitrogens is 2. The molecule has 0 unspecified atom stereocenters. The first-order valence-electron chi connectivity index (χ1n) is 6.04. The summed E-state index contributed by atoms with van der Waals surface area (Å²) in [5.74, 6) is -0.400. The molecule has 20 heavy (non-hydrogen) atoms. The van der Waals surface area contributed by atoms with Crippen LogP contribution in [0.25, 0.3) is 5.65 Å². The minimum atomic E-state index is -0.400. The molecule has 2 N–H and O–H groups in total. The number of rotatable bonds is 4. The van der Waals surface area contributed by atoms with Gasteiger partial charge >= 0.3 is 0 Å². The molecule has 0 saturated carbocycles. The van der Waals surface area contributed by atoms with Gasteiger partial charge in [0.15, 0.2) is 0 Å². The van der Waals surface area contributed by atoms with E-state index in [1.165, 1.54) is 10.6 Å². The molecule has 0 bridgehead atoms. The zero-order valence-electron chi connectivity index (χ0n) is 11.3. The fourth-order valence-electron chi connectivity index (χ4n) is 1.73. The van der Waals surface area contributed by atoms with Crippen LogP contribution in [0.3, 0.4) is 0 Å². The van der Waals surface area contributed by atoms with Crippen molar-refractivity contribution in [3.05, 3.63) is 46.0 Å². The van der Waals surface area contributed by atoms with Crippen LogP contribution in [0.2, 0.25) is 0 Å². The summed E-state index contributed by atoms with van der Waals surface area (Å²) in [7, 11) is 1.79. The van der Waals surface area contributed by atoms with Gasteiger partial charge in [0.05, 0.1) is 0 Å². The van der Waals surface area contributed by atoms with E-state index >= 15 is 0 Å². The Hall–Kier alpha value is -1.92. The summed E-state index contributed by atoms with van der Waals surface area (Å²) in [5, 5.41) is 5.57. The van der Waals surface area contributed by atoms with Crippen LogP contribution < -0.4 is 16.2 Å². The molecule has 6 nitrogen and oxygen atoms in total. The zero-order valence-corrected chi connectivity index (χ0v) is 12.2. The van der Waals surface area contributed by atoms with Crippen LogP contribution >= 0.6 is 12.4 Å². The third-order valence-electron chi connectivity index (χ3n) is 2.77. The van der Waals surface area contributed by atoms with Gasteiger partial charge in [0.2, 0.25) is 0 Å². The predicted octanol–water partition coefficient (Wildman–Crippen LogP) is 0.374. The third-order valence-corrected chi connectivity index (χ3v) is 2.77. The first-order valence-corrected chi connectivity index (χ1v) is 6.04. The van der Waals surface area contributed by atoms with E-state index in [2.05, 4.69) is 15.6 Å². The van der Waals surface area contributed by atoms with Crippen LogP contribution in [0.4, 0.5) is 0 Å². The van der Waals surface area contributed by atoms with Gasteiger partial charge in [0.1, 0.15) is 11.2 Å². The van der Waals surface area contributed by atoms with Gasteiger partial charge in [-0.3, -0.25) is 14.0 Å². The molecule has 0 aliphatic carbocycles. The lowest BCUT2D eigenvalue weighted by Crippen LogP contribution is -2.35. The van der Waals surface area contributed by atoms with E-state index in [1.807, 2.05) is 6.92 Å². The Balaban J connectivity index is 0.00000200. The first kappa shape index (κ1) is 16.1. The SMILES string of the molecule is CNCCNC(=O)c1cnc2cc(C)ccn2c1=O.Cl. The Morgan fingerprint density at radius 1 is 1.40 bits per heavy atom. The molecule has 108 valence electrons. The van der Waals surface area contributed by atoms with E-state index < -0.39 is 5.91 Å². The highest BCUT2D eigenvalue weighted by atomic mass is 35.5. The van der Waals surface area contributed by atoms with Crippen molar-refractivity contribution in [3.8, 4) is 0 Å². The number of carbonyl (C=O) groups is 1. The molecule has 7 heteroatoms. The van der Waals surface area contributed by atoms with E-state index in [0.717, 1.165) is 5.56 Å². The van der Waals surface area contributed by atoms with Crippen LogP contribution in [0.5, 0.6) is 0 Å². The van der Waals surface area contributed by atoms with Gasteiger partial charge in [-0.05, 0) is 31.7 Å². The number of likely N-dealkylation sites (N-methyl/N-ethyl adjacent to an activating group) is 1. The highest BCUT2D eigenvalue weighted by Crippen LogP contribution is 2.02. The summed E-state index contributed by atoms with van der Waals surface area (Å²) in [6.07, 6.45) is 2.95. The van der Waals surface area contributed by atoms with Gasteiger partial charge in [-0.1, -0.05) is 0 Å². The number of halogens is 1. The molecule has 2 aromatic rings. The smallest absolute Gasteiger partial charge is 0.270 e. The molecule has 0 atom stereocenters. The number of hydrogen-bond acceptors (Lipinski definition) is 4. The number of nitrogens with one attached hydrogen (secondary N) is 2. The quantitative estimate of drug-likeness (QED) is 0.800. The first-order chi connectivity index (χ1) is 9.13. The Labute approximate surface area is 122 Å². The topological polar surface area (TPSA) is 75.5 Å². The van der Waals surface area contributed by atoms with Crippen molar-refractivity contribution < 1.29 is 4.79 Å². The monoisotopic (exact) mass is 296 g/mol. The molecule has 2 aromatic heterocycles. The minimum Gasteiger partial charge on any atom is -0.351 e. The molecule has 2 heterocycles. The summed E-state index contributed by atoms with van der Waals surface area (Å²) < 4.78 is 1.37. The second-order valence-corrected chi connectivity index (χ2v) is 4.27. The molecule has 0 radical (unpaired) electrons. The maximum absolute atomic E-state index is 12.2. The van der Waals surface area contributed by atoms with Gasteiger partial charge in [0.25, 0.3) is 11.5 Å². The van der Waals surface area contributed by atoms with Gasteiger partial charge in [-0.2, -0.15) is 0 Å². The fraction of sp³-hybridized carbons (Fsp3) is 0.308. The molecule has 0 aliphatic heterocycles. The highest BCUT2D eigenvalue weighted by Gasteiger charge is 2.12. The summed E-state index contributed by atoms with van der Waals surface area (Å²) >= 11 is 0. The normalized spacial score (nSPS) is 10.1. The Bertz CT molecular complexity index is 669. The van der Waals surface area contributed by atoms with Crippen LogP contribution in [0, 0.1) is 6.92 Å². The van der Waals surface area contributed by atoms with Gasteiger partial charge in [-0.15, -0.1) is 12.4 Å². The van der Waals surface area contributed by atoms with Gasteiger partial charge < -0.3 is 10.6 Å². The largest absolute Gasteiger partial charge is 0.351 e. The molecule has 0 saturated heterocycles. The van der Waals surface area contributed by atoms with Crippen LogP contribution in [0.15, 0.2) is 29.3 Å². The van der Waals surface area contributed by atoms with Crippen molar-refractivity contribution in [2.75, 3.05) is 20.1 Å². The van der Waals surface area contributed by atoms with Crippen LogP contribution in [0.1, 0.15) is 15.9 Å². The van der Waals surface area contributed by atoms with E-state index in [4.69, 9.17) is 0 Å². The van der Waals surface area contributed by atoms with E-state index in [0.29, 0.717) is 18.7 Å². The highest BCUT2D eigenvalue weighted by molar-refractivity contribution is 5.93. The summed E-state index contributed by atoms with van der Waals surface area (Å²) in [5.41, 5.74) is 1.25. The number of carbonyl (C=O) groups excluding carboxylic acids is 1. The van der Waals surface area contributed by atoms with Crippen molar-refractivity contribution in [1.82, 2.24) is 20.0 Å². The standard InChI is InChI=1S/C13H16N4O2.ClH/c1-9-3-6-17-11(7-9)16-8-10(13(17)19)12(18)15-5-4-14-2;/h3,6-8,14H,4-5H2,1-2H3,(H,15,18);1H. The molecule has 2 rings (SSSR count). The Morgan fingerprint density at radius 2 is 2.15 bits per heavy atom. The summed E-state index contributed by atoms with van der Waals surface area (Å²) in [4.78, 5) is 28.2. The lowest BCUT2D eigenvalue weighted by Gasteiger charge is -2.06. The number of amides is 1. The third kappa shape index (κ3) is 3.34. The minimum absolute atomic E-state index is 0. The summed E-state index contributed by atoms with van der Waals surface area (Å²) in [6, 6.07) is 3.60. The molecule has 1 amide bonds. The van der Waals surface area contributed by atoms with E-state index in [9.17, 15) is 9.59 Å². The number of pyridine rings is 1. The second-order valence-electron chi connectivity index (χ2n) is 4.27. The Kier molecular flexibility index (Phi) is 5.66. The van der Waals surface area contributed by atoms with Crippen molar-refractivity contribution in [3.63, 3.8) is 0 Å². The van der Waals surface area contributed by atoms with Crippen molar-refractivity contribution in [2.45, 2.75) is 6.92 Å². The number of hydrogen-bond donors (Lipinski definition) is 2. The maximum Gasteiger partial charge on any atom is 0.270 e. The number of aryl methyl sites for hydroxylation is 1. The maximum atomic E-state index is 12.2. The molecular formula is C13H17ClN4O2. The van der Waals surface area contributed by atoms with Crippen LogP contribution in [-0.2, 0) is 0 Å². The van der Waals surface area contributed by atoms with Gasteiger partial charge in [0, 0.05) is 25.5 Å². The van der Waals surface area contributed by atoms with Crippen molar-refractivity contribution in [1.29, 1.82) is 0 Å². The van der Waals surface area contributed by atoms with Gasteiger partial charge in [-0.25, -0.2) is 4.98 Å². The fourth-order valence-corrected chi connectivity index (χ4v) is 1.73. The lowest BCUT2D eigenvalue weighted by atomic mass is 10.2. The predicted molar refractivity (Wildman–Crippen MR) is 79.7 cm³/mol. The lowest BCUT2D eigenvalue weighted by molar-refractivity contribution is 0.0952. The van der Waals surface area contributed by atoms with Crippen molar-refractivity contribution in [2.24, 2.45) is 0 Å². The molecule has 0 spiro atoms. The molecule has 0 fully saturated rings. The zero-order chi connectivity index (χ0) is 13.8. The van der Waals surface area contributed by atoms with Crippen molar-refractivity contribution >= 4 is 24.0 Å². The van der Waals surface area contributed by atoms with E-state index in [-0.39, 0.29) is 23.5 Å².